The highest BCUT2D eigenvalue weighted by atomic mass is 32.2. The van der Waals surface area contributed by atoms with Crippen LogP contribution >= 0.6 is 0 Å². The van der Waals surface area contributed by atoms with Gasteiger partial charge in [0.05, 0.1) is 18.6 Å². The van der Waals surface area contributed by atoms with E-state index in [1.807, 2.05) is 12.1 Å². The molecule has 0 radical (unpaired) electrons. The van der Waals surface area contributed by atoms with E-state index in [1.54, 1.807) is 7.11 Å². The molecule has 0 aromatic heterocycles. The molecule has 0 unspecified atom stereocenters. The molecule has 0 aliphatic carbocycles. The molecule has 0 amide bonds. The molecule has 2 saturated heterocycles. The molecule has 1 aromatic rings. The van der Waals surface area contributed by atoms with Gasteiger partial charge < -0.3 is 20.3 Å². The molecule has 152 valence electrons. The quantitative estimate of drug-likeness (QED) is 0.746. The topological polar surface area (TPSA) is 75.9 Å². The van der Waals surface area contributed by atoms with Gasteiger partial charge >= 0.3 is 0 Å². The highest BCUT2D eigenvalue weighted by molar-refractivity contribution is 7.90. The van der Waals surface area contributed by atoms with Crippen molar-refractivity contribution in [2.75, 3.05) is 55.9 Å². The summed E-state index contributed by atoms with van der Waals surface area (Å²) in [6.07, 6.45) is 6.76. The van der Waals surface area contributed by atoms with E-state index >= 15 is 0 Å². The average Bonchev–Trinajstić information content (AvgIpc) is 2.67. The number of anilines is 2. The first-order valence-corrected chi connectivity index (χ1v) is 12.0. The maximum absolute atomic E-state index is 11.4. The molecule has 0 saturated carbocycles. The number of nitrogen functional groups attached to an aromatic ring is 1. The van der Waals surface area contributed by atoms with E-state index in [4.69, 9.17) is 10.5 Å². The predicted octanol–water partition coefficient (Wildman–Crippen LogP) is 2.39. The number of methoxy groups -OCH3 is 1. The van der Waals surface area contributed by atoms with E-state index < -0.39 is 9.84 Å². The largest absolute Gasteiger partial charge is 0.495 e. The highest BCUT2D eigenvalue weighted by Gasteiger charge is 2.28. The van der Waals surface area contributed by atoms with Crippen LogP contribution < -0.4 is 15.4 Å². The number of hydrogen-bond donors (Lipinski definition) is 1. The summed E-state index contributed by atoms with van der Waals surface area (Å²) in [6, 6.07) is 6.67. The van der Waals surface area contributed by atoms with Crippen molar-refractivity contribution in [3.8, 4) is 5.75 Å². The Morgan fingerprint density at radius 1 is 1.11 bits per heavy atom. The van der Waals surface area contributed by atoms with E-state index in [0.717, 1.165) is 51.2 Å². The first kappa shape index (κ1) is 20.3. The van der Waals surface area contributed by atoms with Crippen molar-refractivity contribution in [1.29, 1.82) is 0 Å². The lowest BCUT2D eigenvalue weighted by atomic mass is 9.91. The summed E-state index contributed by atoms with van der Waals surface area (Å²) in [5.74, 6) is 1.64. The number of piperidine rings is 2. The molecule has 0 spiro atoms. The van der Waals surface area contributed by atoms with Crippen molar-refractivity contribution in [1.82, 2.24) is 4.90 Å². The predicted molar refractivity (Wildman–Crippen MR) is 111 cm³/mol. The SMILES string of the molecule is COc1cc(N2CCC(N3CCC(CCS(C)(=O)=O)CC3)CC2)ccc1N. The van der Waals surface area contributed by atoms with E-state index in [0.29, 0.717) is 23.4 Å². The molecule has 2 fully saturated rings. The summed E-state index contributed by atoms with van der Waals surface area (Å²) in [7, 11) is -1.18. The number of nitrogens with zero attached hydrogens (tertiary/aromatic N) is 2. The maximum atomic E-state index is 11.4. The lowest BCUT2D eigenvalue weighted by molar-refractivity contribution is 0.114. The zero-order chi connectivity index (χ0) is 19.4. The Kier molecular flexibility index (Phi) is 6.52. The van der Waals surface area contributed by atoms with Crippen molar-refractivity contribution in [2.24, 2.45) is 5.92 Å². The Morgan fingerprint density at radius 2 is 1.78 bits per heavy atom. The number of rotatable bonds is 6. The standard InChI is InChI=1S/C20H33N3O3S/c1-26-20-15-18(3-4-19(20)21)23-12-7-17(8-13-23)22-10-5-16(6-11-22)9-14-27(2,24)25/h3-4,15-17H,5-14,21H2,1-2H3. The summed E-state index contributed by atoms with van der Waals surface area (Å²) in [4.78, 5) is 5.04. The van der Waals surface area contributed by atoms with Gasteiger partial charge in [0.2, 0.25) is 0 Å². The van der Waals surface area contributed by atoms with Gasteiger partial charge in [-0.3, -0.25) is 0 Å². The summed E-state index contributed by atoms with van der Waals surface area (Å²) in [6.45, 7) is 4.31. The smallest absolute Gasteiger partial charge is 0.147 e. The third-order valence-corrected chi connectivity index (χ3v) is 7.09. The van der Waals surface area contributed by atoms with E-state index in [9.17, 15) is 8.42 Å². The third kappa shape index (κ3) is 5.51. The van der Waals surface area contributed by atoms with Crippen LogP contribution in [0.3, 0.4) is 0 Å². The van der Waals surface area contributed by atoms with Gasteiger partial charge in [0.1, 0.15) is 15.6 Å². The van der Waals surface area contributed by atoms with Gasteiger partial charge in [0, 0.05) is 37.1 Å². The molecule has 7 heteroatoms. The number of hydrogen-bond acceptors (Lipinski definition) is 6. The number of nitrogens with two attached hydrogens (primary N) is 1. The molecule has 3 rings (SSSR count). The first-order valence-electron chi connectivity index (χ1n) is 9.96. The van der Waals surface area contributed by atoms with Crippen LogP contribution in [0.5, 0.6) is 5.75 Å². The van der Waals surface area contributed by atoms with Crippen molar-refractivity contribution >= 4 is 21.2 Å². The van der Waals surface area contributed by atoms with Gasteiger partial charge in [0.15, 0.2) is 0 Å². The van der Waals surface area contributed by atoms with Gasteiger partial charge in [-0.1, -0.05) is 0 Å². The highest BCUT2D eigenvalue weighted by Crippen LogP contribution is 2.31. The molecule has 6 nitrogen and oxygen atoms in total. The van der Waals surface area contributed by atoms with Gasteiger partial charge in [-0.15, -0.1) is 0 Å². The normalized spacial score (nSPS) is 20.7. The van der Waals surface area contributed by atoms with Crippen LogP contribution in [0.25, 0.3) is 0 Å². The Labute approximate surface area is 163 Å². The summed E-state index contributed by atoms with van der Waals surface area (Å²) < 4.78 is 28.1. The molecule has 2 N–H and O–H groups in total. The molecule has 2 heterocycles. The number of likely N-dealkylation sites (tertiary alicyclic amines) is 1. The van der Waals surface area contributed by atoms with Crippen molar-refractivity contribution in [3.05, 3.63) is 18.2 Å². The van der Waals surface area contributed by atoms with Crippen LogP contribution in [0.15, 0.2) is 18.2 Å². The van der Waals surface area contributed by atoms with Crippen LogP contribution in [0.1, 0.15) is 32.1 Å². The lowest BCUT2D eigenvalue weighted by Gasteiger charge is -2.42. The van der Waals surface area contributed by atoms with Crippen molar-refractivity contribution in [3.63, 3.8) is 0 Å². The molecule has 27 heavy (non-hydrogen) atoms. The van der Waals surface area contributed by atoms with E-state index in [2.05, 4.69) is 15.9 Å². The molecule has 0 bridgehead atoms. The van der Waals surface area contributed by atoms with Gasteiger partial charge in [0.25, 0.3) is 0 Å². The number of ether oxygens (including phenoxy) is 1. The number of benzene rings is 1. The van der Waals surface area contributed by atoms with Crippen LogP contribution in [0.2, 0.25) is 0 Å². The van der Waals surface area contributed by atoms with Gasteiger partial charge in [-0.05, 0) is 63.2 Å². The Hall–Kier alpha value is -1.47. The first-order chi connectivity index (χ1) is 12.9. The lowest BCUT2D eigenvalue weighted by Crippen LogP contribution is -2.47. The van der Waals surface area contributed by atoms with Crippen molar-refractivity contribution < 1.29 is 13.2 Å². The Morgan fingerprint density at radius 3 is 2.37 bits per heavy atom. The zero-order valence-corrected chi connectivity index (χ0v) is 17.4. The molecule has 2 aliphatic heterocycles. The van der Waals surface area contributed by atoms with Crippen LogP contribution in [-0.2, 0) is 9.84 Å². The van der Waals surface area contributed by atoms with Gasteiger partial charge in [-0.25, -0.2) is 8.42 Å². The zero-order valence-electron chi connectivity index (χ0n) is 16.6. The molecular weight excluding hydrogens is 362 g/mol. The van der Waals surface area contributed by atoms with Crippen LogP contribution in [-0.4, -0.2) is 64.7 Å². The summed E-state index contributed by atoms with van der Waals surface area (Å²) in [5, 5.41) is 0. The third-order valence-electron chi connectivity index (χ3n) is 6.11. The molecule has 2 aliphatic rings. The Bertz CT molecular complexity index is 722. The number of sulfone groups is 1. The minimum Gasteiger partial charge on any atom is -0.495 e. The van der Waals surface area contributed by atoms with Crippen LogP contribution in [0.4, 0.5) is 11.4 Å². The molecule has 1 aromatic carbocycles. The fourth-order valence-electron chi connectivity index (χ4n) is 4.37. The van der Waals surface area contributed by atoms with E-state index in [-0.39, 0.29) is 0 Å². The second-order valence-electron chi connectivity index (χ2n) is 8.04. The molecular formula is C20H33N3O3S. The molecule has 0 atom stereocenters. The second kappa shape index (κ2) is 8.69. The van der Waals surface area contributed by atoms with Gasteiger partial charge in [-0.2, -0.15) is 0 Å². The van der Waals surface area contributed by atoms with Crippen molar-refractivity contribution in [2.45, 2.75) is 38.1 Å². The fraction of sp³-hybridized carbons (Fsp3) is 0.700. The summed E-state index contributed by atoms with van der Waals surface area (Å²) in [5.41, 5.74) is 7.78. The Balaban J connectivity index is 1.46. The monoisotopic (exact) mass is 395 g/mol. The fourth-order valence-corrected chi connectivity index (χ4v) is 5.13. The average molecular weight is 396 g/mol. The second-order valence-corrected chi connectivity index (χ2v) is 10.3. The summed E-state index contributed by atoms with van der Waals surface area (Å²) >= 11 is 0. The minimum absolute atomic E-state index is 0.334. The maximum Gasteiger partial charge on any atom is 0.147 e. The van der Waals surface area contributed by atoms with E-state index in [1.165, 1.54) is 24.8 Å². The van der Waals surface area contributed by atoms with Crippen LogP contribution in [0, 0.1) is 5.92 Å². The minimum atomic E-state index is -2.83.